The predicted molar refractivity (Wildman–Crippen MR) is 198 cm³/mol. The van der Waals surface area contributed by atoms with E-state index in [9.17, 15) is 18.0 Å². The fraction of sp³-hybridized carbons (Fsp3) is 0.600. The predicted octanol–water partition coefficient (Wildman–Crippen LogP) is 6.42. The van der Waals surface area contributed by atoms with Crippen LogP contribution in [0.2, 0.25) is 5.02 Å². The Bertz CT molecular complexity index is 1900. The van der Waals surface area contributed by atoms with Crippen molar-refractivity contribution in [3.05, 3.63) is 70.0 Å². The first-order valence-corrected chi connectivity index (χ1v) is 21.0. The average molecular weight is 754 g/mol. The minimum absolute atomic E-state index is 0.000705. The number of hydrogen-bond acceptors (Lipinski definition) is 7. The molecule has 3 aliphatic heterocycles. The minimum Gasteiger partial charge on any atom is -0.490 e. The third-order valence-electron chi connectivity index (χ3n) is 13.4. The lowest BCUT2D eigenvalue weighted by molar-refractivity contribution is -0.151. The zero-order chi connectivity index (χ0) is 36.4. The molecule has 52 heavy (non-hydrogen) atoms. The summed E-state index contributed by atoms with van der Waals surface area (Å²) in [6.07, 6.45) is 11.9. The van der Waals surface area contributed by atoms with E-state index in [0.717, 1.165) is 63.6 Å². The van der Waals surface area contributed by atoms with Crippen LogP contribution in [0, 0.1) is 29.5 Å². The van der Waals surface area contributed by atoms with Crippen LogP contribution in [0.25, 0.3) is 0 Å². The number of piperidine rings is 1. The Labute approximate surface area is 311 Å². The number of nitrogens with zero attached hydrogens (tertiary/aromatic N) is 2. The highest BCUT2D eigenvalue weighted by atomic mass is 35.5. The largest absolute Gasteiger partial charge is 0.490 e. The van der Waals surface area contributed by atoms with Gasteiger partial charge in [0.25, 0.3) is 5.91 Å². The van der Waals surface area contributed by atoms with E-state index < -0.39 is 32.2 Å². The van der Waals surface area contributed by atoms with Crippen LogP contribution in [0.15, 0.2) is 42.5 Å². The van der Waals surface area contributed by atoms with Crippen LogP contribution in [0.3, 0.4) is 0 Å². The first kappa shape index (κ1) is 35.9. The average Bonchev–Trinajstić information content (AvgIpc) is 3.49. The van der Waals surface area contributed by atoms with Gasteiger partial charge in [0, 0.05) is 37.2 Å². The molecule has 6 aliphatic rings. The molecule has 0 unspecified atom stereocenters. The highest BCUT2D eigenvalue weighted by molar-refractivity contribution is 7.90. The van der Waals surface area contributed by atoms with Crippen LogP contribution < -0.4 is 14.4 Å². The van der Waals surface area contributed by atoms with Gasteiger partial charge in [-0.2, -0.15) is 0 Å². The zero-order valence-electron chi connectivity index (χ0n) is 30.0. The molecule has 1 saturated carbocycles. The van der Waals surface area contributed by atoms with Gasteiger partial charge in [0.05, 0.1) is 28.2 Å². The standard InChI is InChI=1S/C40H49ClFN3O6S/c1-25-26(2)52(48,49)43-38(47)27-9-13-35-34(19-27)45(23-39(24-50-35)15-6-7-30-32(39)11-12-33(41)37(30)42)21-29-8-10-31(29)40(16-14-28(25)20-40)51-22-36(46)44-17-4-3-5-18-44/h9,11-14,16,19,25-26,28-29,31H,3-8,10,15,17-18,20-24H2,1-2H3,(H,43,47)/t25-,26-,28+,29+,31-,39+,40+/m1/s1. The van der Waals surface area contributed by atoms with Crippen molar-refractivity contribution in [1.82, 2.24) is 9.62 Å². The van der Waals surface area contributed by atoms with Crippen molar-refractivity contribution in [3.8, 4) is 5.75 Å². The minimum atomic E-state index is -4.05. The molecule has 2 fully saturated rings. The van der Waals surface area contributed by atoms with Crippen LogP contribution in [-0.4, -0.2) is 75.4 Å². The molecule has 0 aromatic heterocycles. The molecule has 280 valence electrons. The number of halogens is 2. The van der Waals surface area contributed by atoms with Crippen LogP contribution in [-0.2, 0) is 31.4 Å². The van der Waals surface area contributed by atoms with Gasteiger partial charge >= 0.3 is 0 Å². The molecule has 12 heteroatoms. The van der Waals surface area contributed by atoms with Gasteiger partial charge in [-0.05, 0) is 124 Å². The summed E-state index contributed by atoms with van der Waals surface area (Å²) < 4.78 is 58.7. The fourth-order valence-electron chi connectivity index (χ4n) is 9.99. The van der Waals surface area contributed by atoms with E-state index in [1.165, 1.54) is 0 Å². The smallest absolute Gasteiger partial charge is 0.264 e. The van der Waals surface area contributed by atoms with Crippen LogP contribution in [0.5, 0.6) is 5.75 Å². The van der Waals surface area contributed by atoms with Gasteiger partial charge in [-0.15, -0.1) is 0 Å². The topological polar surface area (TPSA) is 105 Å². The molecular formula is C40H49ClFN3O6S. The van der Waals surface area contributed by atoms with E-state index in [-0.39, 0.29) is 52.6 Å². The Morgan fingerprint density at radius 2 is 1.92 bits per heavy atom. The number of benzene rings is 2. The molecule has 7 atom stereocenters. The fourth-order valence-corrected chi connectivity index (χ4v) is 11.5. The lowest BCUT2D eigenvalue weighted by Gasteiger charge is -2.50. The molecule has 2 amide bonds. The number of sulfonamides is 1. The number of nitrogens with one attached hydrogen (secondary N) is 1. The van der Waals surface area contributed by atoms with Gasteiger partial charge < -0.3 is 19.3 Å². The third-order valence-corrected chi connectivity index (χ3v) is 15.6. The first-order valence-electron chi connectivity index (χ1n) is 19.1. The Morgan fingerprint density at radius 3 is 2.69 bits per heavy atom. The van der Waals surface area contributed by atoms with E-state index in [4.69, 9.17) is 21.1 Å². The zero-order valence-corrected chi connectivity index (χ0v) is 31.6. The van der Waals surface area contributed by atoms with Crippen molar-refractivity contribution in [1.29, 1.82) is 0 Å². The molecule has 1 N–H and O–H groups in total. The summed E-state index contributed by atoms with van der Waals surface area (Å²) in [5.41, 5.74) is 1.20. The second kappa shape index (κ2) is 13.6. The van der Waals surface area contributed by atoms with E-state index in [1.807, 2.05) is 17.9 Å². The number of fused-ring (bicyclic) bond motifs is 7. The summed E-state index contributed by atoms with van der Waals surface area (Å²) in [4.78, 5) is 31.3. The van der Waals surface area contributed by atoms with Gasteiger partial charge in [0.2, 0.25) is 15.9 Å². The summed E-state index contributed by atoms with van der Waals surface area (Å²) in [5, 5.41) is -0.749. The monoisotopic (exact) mass is 753 g/mol. The summed E-state index contributed by atoms with van der Waals surface area (Å²) in [6, 6.07) is 8.67. The number of allylic oxidation sites excluding steroid dienone is 1. The maximum atomic E-state index is 15.5. The lowest BCUT2D eigenvalue weighted by atomic mass is 9.63. The van der Waals surface area contributed by atoms with Crippen LogP contribution in [0.1, 0.15) is 86.7 Å². The number of rotatable bonds is 3. The Morgan fingerprint density at radius 1 is 1.12 bits per heavy atom. The van der Waals surface area contributed by atoms with Crippen molar-refractivity contribution < 1.29 is 31.9 Å². The van der Waals surface area contributed by atoms with Crippen molar-refractivity contribution >= 4 is 39.1 Å². The van der Waals surface area contributed by atoms with Crippen molar-refractivity contribution in [2.45, 2.75) is 87.9 Å². The molecule has 3 aliphatic carbocycles. The lowest BCUT2D eigenvalue weighted by Crippen LogP contribution is -2.54. The second-order valence-electron chi connectivity index (χ2n) is 16.3. The first-order chi connectivity index (χ1) is 24.9. The molecular weight excluding hydrogens is 705 g/mol. The number of ether oxygens (including phenoxy) is 2. The molecule has 3 heterocycles. The molecule has 4 bridgehead atoms. The van der Waals surface area contributed by atoms with E-state index >= 15 is 4.39 Å². The van der Waals surface area contributed by atoms with E-state index in [1.54, 1.807) is 31.2 Å². The highest BCUT2D eigenvalue weighted by Gasteiger charge is 2.53. The maximum Gasteiger partial charge on any atom is 0.264 e. The Kier molecular flexibility index (Phi) is 9.38. The second-order valence-corrected chi connectivity index (χ2v) is 18.7. The Balaban J connectivity index is 1.19. The van der Waals surface area contributed by atoms with Crippen molar-refractivity contribution in [2.24, 2.45) is 23.7 Å². The van der Waals surface area contributed by atoms with E-state index in [0.29, 0.717) is 49.5 Å². The number of amides is 2. The van der Waals surface area contributed by atoms with Crippen molar-refractivity contribution in [3.63, 3.8) is 0 Å². The summed E-state index contributed by atoms with van der Waals surface area (Å²) in [6.45, 7) is 6.53. The number of carbonyl (C=O) groups excluding carboxylic acids is 2. The Hall–Kier alpha value is -3.15. The quantitative estimate of drug-likeness (QED) is 0.361. The molecule has 8 rings (SSSR count). The molecule has 2 aromatic carbocycles. The molecule has 2 aromatic rings. The van der Waals surface area contributed by atoms with Gasteiger partial charge in [-0.1, -0.05) is 36.7 Å². The summed E-state index contributed by atoms with van der Waals surface area (Å²) >= 11 is 6.27. The molecule has 1 saturated heterocycles. The SMILES string of the molecule is C[C@@H]1[C@@H](C)S(=O)(=O)NC(=O)c2ccc3c(c2)N(C[C@@H]2CC[C@H]2[C@]2(OCC(=O)N4CCCCC4)C=C[C@H]1C2)C[C@@]1(CCCc2c1ccc(Cl)c2F)CO3. The van der Waals surface area contributed by atoms with Crippen LogP contribution in [0.4, 0.5) is 10.1 Å². The maximum absolute atomic E-state index is 15.5. The molecule has 1 spiro atoms. The van der Waals surface area contributed by atoms with E-state index in [2.05, 4.69) is 21.8 Å². The van der Waals surface area contributed by atoms with Crippen molar-refractivity contribution in [2.75, 3.05) is 44.3 Å². The summed E-state index contributed by atoms with van der Waals surface area (Å²) in [7, 11) is -4.05. The van der Waals surface area contributed by atoms with Gasteiger partial charge in [0.15, 0.2) is 0 Å². The molecule has 0 radical (unpaired) electrons. The number of hydrogen-bond donors (Lipinski definition) is 1. The van der Waals surface area contributed by atoms with Gasteiger partial charge in [-0.25, -0.2) is 17.5 Å². The van der Waals surface area contributed by atoms with Gasteiger partial charge in [0.1, 0.15) is 18.2 Å². The van der Waals surface area contributed by atoms with Crippen LogP contribution >= 0.6 is 11.6 Å². The number of likely N-dealkylation sites (tertiary alicyclic amines) is 1. The summed E-state index contributed by atoms with van der Waals surface area (Å²) in [5.74, 6) is -0.634. The number of carbonyl (C=O) groups is 2. The van der Waals surface area contributed by atoms with Gasteiger partial charge in [-0.3, -0.25) is 9.59 Å². The highest BCUT2D eigenvalue weighted by Crippen LogP contribution is 2.53. The normalized spacial score (nSPS) is 33.8. The molecule has 9 nitrogen and oxygen atoms in total. The third kappa shape index (κ3) is 6.22. The number of anilines is 1.